The molecule has 1 rings (SSSR count). The molecule has 28 heavy (non-hydrogen) atoms. The van der Waals surface area contributed by atoms with Crippen LogP contribution >= 0.6 is 12.6 Å². The van der Waals surface area contributed by atoms with Crippen LogP contribution in [0.5, 0.6) is 0 Å². The van der Waals surface area contributed by atoms with Gasteiger partial charge in [-0.25, -0.2) is 4.79 Å². The van der Waals surface area contributed by atoms with E-state index in [0.717, 1.165) is 6.92 Å². The fourth-order valence-corrected chi connectivity index (χ4v) is 2.82. The van der Waals surface area contributed by atoms with Gasteiger partial charge in [0.05, 0.1) is 0 Å². The number of aliphatic carboxylic acids is 1. The van der Waals surface area contributed by atoms with Crippen LogP contribution in [0.3, 0.4) is 0 Å². The van der Waals surface area contributed by atoms with Gasteiger partial charge >= 0.3 is 11.6 Å². The van der Waals surface area contributed by atoms with E-state index in [0.29, 0.717) is 4.90 Å². The third-order valence-corrected chi connectivity index (χ3v) is 4.16. The number of hydrogen-bond acceptors (Lipinski definition) is 8. The third kappa shape index (κ3) is 4.28. The van der Waals surface area contributed by atoms with Gasteiger partial charge in [0.15, 0.2) is 0 Å². The van der Waals surface area contributed by atoms with E-state index in [1.807, 2.05) is 0 Å². The zero-order chi connectivity index (χ0) is 21.5. The van der Waals surface area contributed by atoms with Gasteiger partial charge in [0.25, 0.3) is 5.84 Å². The van der Waals surface area contributed by atoms with Crippen molar-refractivity contribution in [3.05, 3.63) is 46.3 Å². The zero-order valence-corrected chi connectivity index (χ0v) is 15.4. The van der Waals surface area contributed by atoms with Crippen molar-refractivity contribution in [2.45, 2.75) is 25.0 Å². The largest absolute Gasteiger partial charge is 0.592 e. The van der Waals surface area contributed by atoms with E-state index in [1.54, 1.807) is 6.07 Å². The van der Waals surface area contributed by atoms with E-state index >= 15 is 0 Å². The Labute approximate surface area is 163 Å². The number of nitrogens with one attached hydrogen (secondary N) is 1. The molecule has 0 aromatic heterocycles. The van der Waals surface area contributed by atoms with Gasteiger partial charge in [-0.05, 0) is 5.56 Å². The number of carboxylic acids is 1. The number of amides is 1. The molecular weight excluding hydrogens is 396 g/mol. The molecule has 0 aliphatic rings. The number of rotatable bonds is 8. The Bertz CT molecular complexity index is 783. The van der Waals surface area contributed by atoms with Crippen LogP contribution in [0.2, 0.25) is 0 Å². The summed E-state index contributed by atoms with van der Waals surface area (Å²) in [5, 5.41) is 64.9. The topological polar surface area (TPSA) is 199 Å². The molecule has 0 unspecified atom stereocenters. The van der Waals surface area contributed by atoms with Crippen LogP contribution in [-0.2, 0) is 16.0 Å². The summed E-state index contributed by atoms with van der Waals surface area (Å²) in [5.74, 6) is -4.24. The number of carbonyl (C=O) groups is 2. The van der Waals surface area contributed by atoms with E-state index in [2.05, 4.69) is 23.2 Å². The van der Waals surface area contributed by atoms with Crippen molar-refractivity contribution in [2.24, 2.45) is 10.6 Å². The maximum absolute atomic E-state index is 12.3. The predicted octanol–water partition coefficient (Wildman–Crippen LogP) is 0.838. The Morgan fingerprint density at radius 2 is 1.75 bits per heavy atom. The van der Waals surface area contributed by atoms with Crippen molar-refractivity contribution in [1.82, 2.24) is 4.90 Å². The summed E-state index contributed by atoms with van der Waals surface area (Å²) in [5.41, 5.74) is -2.69. The standard InChI is InChI=1S/C14H18N6O7S/c1-9(21)18(11(8-28)12(22)23)13(15)14(19(26)16-24,20(27)17-25)7-10-5-3-2-4-6-10/h2-6,11,15,24-25,28H,7-8H2,1H3,(H,22,23)/b15-13?,19-16-,20-17-/t11-/m0/s1. The van der Waals surface area contributed by atoms with Gasteiger partial charge in [-0.1, -0.05) is 30.3 Å². The van der Waals surface area contributed by atoms with Gasteiger partial charge in [-0.15, -0.1) is 0 Å². The van der Waals surface area contributed by atoms with E-state index in [4.69, 9.17) is 15.8 Å². The summed E-state index contributed by atoms with van der Waals surface area (Å²) < 4.78 is 0. The second-order valence-corrected chi connectivity index (χ2v) is 5.84. The van der Waals surface area contributed by atoms with Crippen LogP contribution in [0.4, 0.5) is 0 Å². The van der Waals surface area contributed by atoms with Gasteiger partial charge in [-0.3, -0.25) is 15.1 Å². The normalized spacial score (nSPS) is 13.6. The number of amidine groups is 1. The highest BCUT2D eigenvalue weighted by Crippen LogP contribution is 2.25. The maximum Gasteiger partial charge on any atom is 0.486 e. The molecule has 1 amide bonds. The first-order valence-electron chi connectivity index (χ1n) is 7.58. The Kier molecular flexibility index (Phi) is 7.67. The minimum Gasteiger partial charge on any atom is -0.592 e. The summed E-state index contributed by atoms with van der Waals surface area (Å²) in [6.07, 6.45) is -0.698. The molecule has 14 heteroatoms. The van der Waals surface area contributed by atoms with Crippen LogP contribution < -0.4 is 0 Å². The Hall–Kier alpha value is -3.42. The average molecular weight is 414 g/mol. The molecule has 0 fully saturated rings. The summed E-state index contributed by atoms with van der Waals surface area (Å²) in [6, 6.07) is 5.86. The molecule has 1 atom stereocenters. The van der Waals surface area contributed by atoms with Gasteiger partial charge in [-0.2, -0.15) is 12.6 Å². The molecule has 4 N–H and O–H groups in total. The molecule has 152 valence electrons. The number of nitrogens with zero attached hydrogens (tertiary/aromatic N) is 5. The lowest BCUT2D eigenvalue weighted by atomic mass is 9.97. The Morgan fingerprint density at radius 1 is 1.25 bits per heavy atom. The van der Waals surface area contributed by atoms with Gasteiger partial charge in [0.1, 0.15) is 12.5 Å². The molecule has 0 saturated carbocycles. The van der Waals surface area contributed by atoms with E-state index in [9.17, 15) is 25.1 Å². The number of carboxylic acid groups (broad SMARTS) is 1. The fraction of sp³-hybridized carbons (Fsp3) is 0.357. The average Bonchev–Trinajstić information content (AvgIpc) is 2.68. The van der Waals surface area contributed by atoms with Gasteiger partial charge in [0.2, 0.25) is 16.5 Å². The summed E-state index contributed by atoms with van der Waals surface area (Å²) >= 11 is 3.83. The SMILES string of the molecule is CC(=O)N(C(=N)C(Cc1ccccc1)(/[N+]([O-])=N/O)/[N+]([O-])=N/O)[C@@H](CS)C(=O)O. The molecule has 0 spiro atoms. The Morgan fingerprint density at radius 3 is 2.11 bits per heavy atom. The van der Waals surface area contributed by atoms with Crippen molar-refractivity contribution in [2.75, 3.05) is 5.75 Å². The maximum atomic E-state index is 12.3. The van der Waals surface area contributed by atoms with Crippen LogP contribution in [0, 0.1) is 15.8 Å². The van der Waals surface area contributed by atoms with Crippen molar-refractivity contribution < 1.29 is 34.8 Å². The van der Waals surface area contributed by atoms with Crippen molar-refractivity contribution in [3.8, 4) is 0 Å². The number of hydrogen-bond donors (Lipinski definition) is 5. The predicted molar refractivity (Wildman–Crippen MR) is 94.1 cm³/mol. The molecule has 0 heterocycles. The van der Waals surface area contributed by atoms with E-state index in [-0.39, 0.29) is 5.56 Å². The summed E-state index contributed by atoms with van der Waals surface area (Å²) in [7, 11) is 0. The highest BCUT2D eigenvalue weighted by Gasteiger charge is 2.62. The number of benzene rings is 1. The fourth-order valence-electron chi connectivity index (χ4n) is 2.50. The molecule has 1 aromatic carbocycles. The molecule has 1 aromatic rings. The van der Waals surface area contributed by atoms with Crippen LogP contribution in [0.15, 0.2) is 40.9 Å². The second kappa shape index (κ2) is 9.50. The van der Waals surface area contributed by atoms with Crippen molar-refractivity contribution in [1.29, 1.82) is 5.41 Å². The second-order valence-electron chi connectivity index (χ2n) is 5.48. The van der Waals surface area contributed by atoms with Crippen molar-refractivity contribution >= 4 is 30.3 Å². The molecule has 0 saturated heterocycles. The lowest BCUT2D eigenvalue weighted by Crippen LogP contribution is -2.64. The first-order valence-corrected chi connectivity index (χ1v) is 8.21. The molecule has 13 nitrogen and oxygen atoms in total. The van der Waals surface area contributed by atoms with E-state index < -0.39 is 51.3 Å². The zero-order valence-electron chi connectivity index (χ0n) is 14.5. The lowest BCUT2D eigenvalue weighted by Gasteiger charge is -2.32. The monoisotopic (exact) mass is 414 g/mol. The number of carbonyl (C=O) groups excluding carboxylic acids is 1. The lowest BCUT2D eigenvalue weighted by molar-refractivity contribution is -0.824. The summed E-state index contributed by atoms with van der Waals surface area (Å²) in [6.45, 7) is 0.900. The minimum absolute atomic E-state index is 0.252. The molecule has 0 aliphatic carbocycles. The Balaban J connectivity index is 3.74. The van der Waals surface area contributed by atoms with E-state index in [1.165, 1.54) is 24.3 Å². The van der Waals surface area contributed by atoms with Gasteiger partial charge in [0, 0.05) is 22.4 Å². The van der Waals surface area contributed by atoms with Crippen molar-refractivity contribution in [3.63, 3.8) is 0 Å². The number of thiol groups is 1. The van der Waals surface area contributed by atoms with Crippen LogP contribution in [0.1, 0.15) is 12.5 Å². The minimum atomic E-state index is -2.94. The first-order chi connectivity index (χ1) is 13.2. The van der Waals surface area contributed by atoms with Crippen LogP contribution in [-0.4, -0.2) is 65.3 Å². The van der Waals surface area contributed by atoms with Crippen LogP contribution in [0.25, 0.3) is 0 Å². The molecule has 0 bridgehead atoms. The number of hydroxylamine groups is 2. The highest BCUT2D eigenvalue weighted by atomic mass is 32.1. The molecule has 0 aliphatic heterocycles. The highest BCUT2D eigenvalue weighted by molar-refractivity contribution is 7.80. The summed E-state index contributed by atoms with van der Waals surface area (Å²) in [4.78, 5) is 22.6. The molecule has 0 radical (unpaired) electrons. The molecular formula is C14H18N6O7S. The van der Waals surface area contributed by atoms with Gasteiger partial charge < -0.3 is 25.9 Å². The first kappa shape index (κ1) is 22.6. The quantitative estimate of drug-likeness (QED) is 0.0788. The smallest absolute Gasteiger partial charge is 0.486 e. The third-order valence-electron chi connectivity index (χ3n) is 3.82.